The second kappa shape index (κ2) is 10.1. The third-order valence-electron chi connectivity index (χ3n) is 4.48. The standard InChI is InChI=1S/C23H25N3O3S/c1-5-15-26-22(19-9-7-8-10-20(19)28-4)24-25-23(26)30-16(3)21(27)17-11-13-18(14-12-17)29-6-2/h5,7-14,16H,1,6,15H2,2-4H3/t16-/m0/s1. The van der Waals surface area contributed by atoms with Crippen molar-refractivity contribution < 1.29 is 14.3 Å². The van der Waals surface area contributed by atoms with Crippen molar-refractivity contribution >= 4 is 17.5 Å². The molecule has 1 aromatic heterocycles. The zero-order chi connectivity index (χ0) is 21.5. The van der Waals surface area contributed by atoms with Gasteiger partial charge in [0.2, 0.25) is 0 Å². The molecule has 156 valence electrons. The van der Waals surface area contributed by atoms with Gasteiger partial charge in [0.15, 0.2) is 16.8 Å². The molecule has 0 saturated heterocycles. The first-order valence-corrected chi connectivity index (χ1v) is 10.6. The highest BCUT2D eigenvalue weighted by atomic mass is 32.2. The van der Waals surface area contributed by atoms with Crippen molar-refractivity contribution in [3.05, 3.63) is 66.7 Å². The van der Waals surface area contributed by atoms with E-state index in [0.717, 1.165) is 11.3 Å². The second-order valence-electron chi connectivity index (χ2n) is 6.49. The molecule has 2 aromatic carbocycles. The smallest absolute Gasteiger partial charge is 0.192 e. The normalized spacial score (nSPS) is 11.7. The number of nitrogens with zero attached hydrogens (tertiary/aromatic N) is 3. The number of ketones is 1. The van der Waals surface area contributed by atoms with Gasteiger partial charge >= 0.3 is 0 Å². The lowest BCUT2D eigenvalue weighted by molar-refractivity contribution is 0.0994. The molecule has 0 amide bonds. The zero-order valence-corrected chi connectivity index (χ0v) is 18.2. The van der Waals surface area contributed by atoms with E-state index in [4.69, 9.17) is 9.47 Å². The highest BCUT2D eigenvalue weighted by Crippen LogP contribution is 2.32. The van der Waals surface area contributed by atoms with Crippen LogP contribution in [0.4, 0.5) is 0 Å². The minimum absolute atomic E-state index is 0.0232. The number of methoxy groups -OCH3 is 1. The minimum atomic E-state index is -0.332. The van der Waals surface area contributed by atoms with E-state index < -0.39 is 0 Å². The van der Waals surface area contributed by atoms with Crippen molar-refractivity contribution in [3.8, 4) is 22.9 Å². The van der Waals surface area contributed by atoms with Crippen molar-refractivity contribution in [3.63, 3.8) is 0 Å². The van der Waals surface area contributed by atoms with Crippen molar-refractivity contribution in [2.75, 3.05) is 13.7 Å². The Bertz CT molecular complexity index is 1010. The monoisotopic (exact) mass is 423 g/mol. The van der Waals surface area contributed by atoms with Gasteiger partial charge < -0.3 is 9.47 Å². The van der Waals surface area contributed by atoms with E-state index in [2.05, 4.69) is 16.8 Å². The summed E-state index contributed by atoms with van der Waals surface area (Å²) in [5, 5.41) is 9.03. The molecule has 0 saturated carbocycles. The maximum absolute atomic E-state index is 12.9. The molecule has 1 heterocycles. The number of ether oxygens (including phenoxy) is 2. The molecule has 0 bridgehead atoms. The second-order valence-corrected chi connectivity index (χ2v) is 7.80. The van der Waals surface area contributed by atoms with E-state index in [9.17, 15) is 4.79 Å². The van der Waals surface area contributed by atoms with E-state index in [1.165, 1.54) is 11.8 Å². The van der Waals surface area contributed by atoms with Crippen molar-refractivity contribution in [1.29, 1.82) is 0 Å². The van der Waals surface area contributed by atoms with Crippen LogP contribution >= 0.6 is 11.8 Å². The number of Topliss-reactive ketones (excluding diaryl/α,β-unsaturated/α-hetero) is 1. The maximum atomic E-state index is 12.9. The van der Waals surface area contributed by atoms with Crippen molar-refractivity contribution in [2.45, 2.75) is 30.8 Å². The van der Waals surface area contributed by atoms with Gasteiger partial charge in [-0.15, -0.1) is 16.8 Å². The molecule has 1 atom stereocenters. The van der Waals surface area contributed by atoms with E-state index in [1.807, 2.05) is 54.8 Å². The first kappa shape index (κ1) is 21.6. The fourth-order valence-corrected chi connectivity index (χ4v) is 3.96. The van der Waals surface area contributed by atoms with Crippen LogP contribution in [0.15, 0.2) is 66.3 Å². The number of hydrogen-bond donors (Lipinski definition) is 0. The zero-order valence-electron chi connectivity index (χ0n) is 17.4. The molecule has 0 aliphatic heterocycles. The molecule has 0 fully saturated rings. The summed E-state index contributed by atoms with van der Waals surface area (Å²) in [6, 6.07) is 14.9. The van der Waals surface area contributed by atoms with Crippen LogP contribution in [-0.2, 0) is 6.54 Å². The van der Waals surface area contributed by atoms with Crippen LogP contribution in [0.25, 0.3) is 11.4 Å². The number of carbonyl (C=O) groups is 1. The summed E-state index contributed by atoms with van der Waals surface area (Å²) in [4.78, 5) is 12.9. The van der Waals surface area contributed by atoms with Crippen LogP contribution < -0.4 is 9.47 Å². The number of carbonyl (C=O) groups excluding carboxylic acids is 1. The molecule has 3 aromatic rings. The summed E-state index contributed by atoms with van der Waals surface area (Å²) in [7, 11) is 1.63. The van der Waals surface area contributed by atoms with Crippen LogP contribution in [0.3, 0.4) is 0 Å². The summed E-state index contributed by atoms with van der Waals surface area (Å²) >= 11 is 1.38. The Labute approximate surface area is 180 Å². The molecular weight excluding hydrogens is 398 g/mol. The van der Waals surface area contributed by atoms with Crippen molar-refractivity contribution in [1.82, 2.24) is 14.8 Å². The van der Waals surface area contributed by atoms with Crippen LogP contribution in [-0.4, -0.2) is 39.5 Å². The van der Waals surface area contributed by atoms with E-state index >= 15 is 0 Å². The van der Waals surface area contributed by atoms with E-state index in [0.29, 0.717) is 35.4 Å². The molecule has 0 aliphatic rings. The summed E-state index contributed by atoms with van der Waals surface area (Å²) in [6.07, 6.45) is 1.78. The summed E-state index contributed by atoms with van der Waals surface area (Å²) in [5.41, 5.74) is 1.48. The Morgan fingerprint density at radius 3 is 2.60 bits per heavy atom. The van der Waals surface area contributed by atoms with Gasteiger partial charge in [0.05, 0.1) is 24.5 Å². The Morgan fingerprint density at radius 2 is 1.93 bits per heavy atom. The van der Waals surface area contributed by atoms with Gasteiger partial charge in [-0.25, -0.2) is 0 Å². The lowest BCUT2D eigenvalue weighted by atomic mass is 10.1. The number of para-hydroxylation sites is 1. The number of benzene rings is 2. The van der Waals surface area contributed by atoms with Crippen LogP contribution in [0.1, 0.15) is 24.2 Å². The van der Waals surface area contributed by atoms with Gasteiger partial charge in [-0.3, -0.25) is 9.36 Å². The molecule has 3 rings (SSSR count). The lowest BCUT2D eigenvalue weighted by Crippen LogP contribution is -2.15. The van der Waals surface area contributed by atoms with Crippen molar-refractivity contribution in [2.24, 2.45) is 0 Å². The highest BCUT2D eigenvalue weighted by molar-refractivity contribution is 8.00. The average Bonchev–Trinajstić information content (AvgIpc) is 3.16. The number of aromatic nitrogens is 3. The van der Waals surface area contributed by atoms with Gasteiger partial charge in [-0.1, -0.05) is 30.0 Å². The number of thioether (sulfide) groups is 1. The topological polar surface area (TPSA) is 66.2 Å². The van der Waals surface area contributed by atoms with E-state index in [1.54, 1.807) is 25.3 Å². The van der Waals surface area contributed by atoms with Crippen LogP contribution in [0, 0.1) is 0 Å². The molecule has 0 unspecified atom stereocenters. The molecule has 0 aliphatic carbocycles. The predicted octanol–water partition coefficient (Wildman–Crippen LogP) is 4.90. The average molecular weight is 424 g/mol. The Balaban J connectivity index is 1.84. The molecule has 6 nitrogen and oxygen atoms in total. The minimum Gasteiger partial charge on any atom is -0.496 e. The Morgan fingerprint density at radius 1 is 1.20 bits per heavy atom. The van der Waals surface area contributed by atoms with Crippen LogP contribution in [0.2, 0.25) is 0 Å². The van der Waals surface area contributed by atoms with Gasteiger partial charge in [-0.05, 0) is 50.2 Å². The molecule has 7 heteroatoms. The number of allylic oxidation sites excluding steroid dienone is 1. The highest BCUT2D eigenvalue weighted by Gasteiger charge is 2.22. The van der Waals surface area contributed by atoms with Crippen LogP contribution in [0.5, 0.6) is 11.5 Å². The molecule has 0 spiro atoms. The summed E-state index contributed by atoms with van der Waals surface area (Å²) in [5.74, 6) is 2.16. The molecular formula is C23H25N3O3S. The van der Waals surface area contributed by atoms with Gasteiger partial charge in [-0.2, -0.15) is 0 Å². The largest absolute Gasteiger partial charge is 0.496 e. The predicted molar refractivity (Wildman–Crippen MR) is 119 cm³/mol. The maximum Gasteiger partial charge on any atom is 0.192 e. The van der Waals surface area contributed by atoms with Gasteiger partial charge in [0, 0.05) is 12.1 Å². The Hall–Kier alpha value is -3.06. The molecule has 30 heavy (non-hydrogen) atoms. The SMILES string of the molecule is C=CCn1c(S[C@@H](C)C(=O)c2ccc(OCC)cc2)nnc1-c1ccccc1OC. The lowest BCUT2D eigenvalue weighted by Gasteiger charge is -2.13. The quantitative estimate of drug-likeness (QED) is 0.262. The first-order chi connectivity index (χ1) is 14.6. The third kappa shape index (κ3) is 4.74. The van der Waals surface area contributed by atoms with Gasteiger partial charge in [0.1, 0.15) is 11.5 Å². The fraction of sp³-hybridized carbons (Fsp3) is 0.261. The van der Waals surface area contributed by atoms with E-state index in [-0.39, 0.29) is 11.0 Å². The number of hydrogen-bond acceptors (Lipinski definition) is 6. The summed E-state index contributed by atoms with van der Waals surface area (Å²) < 4.78 is 12.9. The van der Waals surface area contributed by atoms with Gasteiger partial charge in [0.25, 0.3) is 0 Å². The fourth-order valence-electron chi connectivity index (χ4n) is 3.03. The third-order valence-corrected chi connectivity index (χ3v) is 5.56. The Kier molecular flexibility index (Phi) is 7.30. The number of rotatable bonds is 10. The molecule has 0 N–H and O–H groups in total. The molecule has 0 radical (unpaired) electrons. The summed E-state index contributed by atoms with van der Waals surface area (Å²) in [6.45, 7) is 8.76. The first-order valence-electron chi connectivity index (χ1n) is 9.70.